The van der Waals surface area contributed by atoms with Crippen LogP contribution in [-0.2, 0) is 0 Å². The molecule has 6 heteroatoms. The molecule has 4 nitrogen and oxygen atoms in total. The Morgan fingerprint density at radius 1 is 1.41 bits per heavy atom. The fourth-order valence-electron chi connectivity index (χ4n) is 2.44. The zero-order chi connectivity index (χ0) is 12.4. The lowest BCUT2D eigenvalue weighted by molar-refractivity contribution is 0.347. The number of hydrogen-bond acceptors (Lipinski definition) is 3. The van der Waals surface area contributed by atoms with Gasteiger partial charge in [-0.25, -0.2) is 4.79 Å². The molecule has 1 N–H and O–H groups in total. The Morgan fingerprint density at radius 2 is 2.12 bits per heavy atom. The van der Waals surface area contributed by atoms with Crippen LogP contribution in [0.15, 0.2) is 15.7 Å². The predicted molar refractivity (Wildman–Crippen MR) is 71.1 cm³/mol. The molecular formula is C11H15ClN2O2S. The molecule has 1 aromatic rings. The fourth-order valence-corrected chi connectivity index (χ4v) is 3.59. The zero-order valence-corrected chi connectivity index (χ0v) is 11.2. The average molecular weight is 275 g/mol. The zero-order valence-electron chi connectivity index (χ0n) is 9.61. The first-order chi connectivity index (χ1) is 8.13. The van der Waals surface area contributed by atoms with Crippen molar-refractivity contribution in [1.82, 2.24) is 9.55 Å². The lowest BCUT2D eigenvalue weighted by Crippen LogP contribution is -2.42. The number of halogens is 1. The van der Waals surface area contributed by atoms with E-state index < -0.39 is 5.69 Å². The maximum atomic E-state index is 11.9. The number of rotatable bonds is 2. The second kappa shape index (κ2) is 5.31. The summed E-state index contributed by atoms with van der Waals surface area (Å²) < 4.78 is 1.33. The molecule has 1 aliphatic carbocycles. The molecule has 1 saturated carbocycles. The van der Waals surface area contributed by atoms with Crippen molar-refractivity contribution in [2.45, 2.75) is 37.0 Å². The fraction of sp³-hybridized carbons (Fsp3) is 0.636. The van der Waals surface area contributed by atoms with E-state index in [9.17, 15) is 9.59 Å². The molecule has 2 unspecified atom stereocenters. The van der Waals surface area contributed by atoms with Gasteiger partial charge in [-0.1, -0.05) is 24.4 Å². The Kier molecular flexibility index (Phi) is 3.99. The Labute approximate surface area is 108 Å². The van der Waals surface area contributed by atoms with Crippen molar-refractivity contribution < 1.29 is 0 Å². The minimum absolute atomic E-state index is 0.00716. The normalized spacial score (nSPS) is 24.8. The minimum atomic E-state index is -0.395. The third-order valence-electron chi connectivity index (χ3n) is 3.23. The molecule has 0 aliphatic heterocycles. The third-order valence-corrected chi connectivity index (χ3v) is 4.59. The lowest BCUT2D eigenvalue weighted by atomic mass is 9.94. The van der Waals surface area contributed by atoms with Crippen molar-refractivity contribution in [2.24, 2.45) is 0 Å². The Morgan fingerprint density at radius 3 is 2.76 bits per heavy atom. The number of aromatic nitrogens is 2. The molecule has 2 atom stereocenters. The highest BCUT2D eigenvalue weighted by molar-refractivity contribution is 7.99. The van der Waals surface area contributed by atoms with E-state index >= 15 is 0 Å². The summed E-state index contributed by atoms with van der Waals surface area (Å²) in [6.07, 6.45) is 6.20. The standard InChI is InChI=1S/C11H15ClN2O2S/c1-17-8-5-3-2-4-7(8)14-10(15)6-9(12)13-11(14)16/h6-8H,2-5H2,1H3,(H,13,16). The largest absolute Gasteiger partial charge is 0.329 e. The second-order valence-corrected chi connectivity index (χ2v) is 5.74. The van der Waals surface area contributed by atoms with Gasteiger partial charge in [0.1, 0.15) is 5.15 Å². The van der Waals surface area contributed by atoms with Crippen LogP contribution in [0.4, 0.5) is 0 Å². The highest BCUT2D eigenvalue weighted by Gasteiger charge is 2.28. The van der Waals surface area contributed by atoms with Crippen molar-refractivity contribution in [3.63, 3.8) is 0 Å². The van der Waals surface area contributed by atoms with Gasteiger partial charge in [0.25, 0.3) is 5.56 Å². The molecular weight excluding hydrogens is 260 g/mol. The van der Waals surface area contributed by atoms with Gasteiger partial charge in [-0.3, -0.25) is 14.3 Å². The highest BCUT2D eigenvalue weighted by atomic mass is 35.5. The summed E-state index contributed by atoms with van der Waals surface area (Å²) in [5.74, 6) is 0. The number of nitrogens with zero attached hydrogens (tertiary/aromatic N) is 1. The van der Waals surface area contributed by atoms with Gasteiger partial charge in [0.2, 0.25) is 0 Å². The van der Waals surface area contributed by atoms with Crippen molar-refractivity contribution in [3.05, 3.63) is 32.1 Å². The van der Waals surface area contributed by atoms with E-state index in [1.54, 1.807) is 11.8 Å². The molecule has 0 radical (unpaired) electrons. The third kappa shape index (κ3) is 2.60. The van der Waals surface area contributed by atoms with Crippen LogP contribution in [0.5, 0.6) is 0 Å². The minimum Gasteiger partial charge on any atom is -0.298 e. The highest BCUT2D eigenvalue weighted by Crippen LogP contribution is 2.34. The van der Waals surface area contributed by atoms with Crippen LogP contribution in [-0.4, -0.2) is 21.1 Å². The quantitative estimate of drug-likeness (QED) is 0.840. The van der Waals surface area contributed by atoms with E-state index in [-0.39, 0.29) is 16.8 Å². The summed E-state index contributed by atoms with van der Waals surface area (Å²) in [5, 5.41) is 0.441. The molecule has 0 spiro atoms. The van der Waals surface area contributed by atoms with Gasteiger partial charge in [-0.15, -0.1) is 0 Å². The van der Waals surface area contributed by atoms with Gasteiger partial charge in [0.05, 0.1) is 6.04 Å². The summed E-state index contributed by atoms with van der Waals surface area (Å²) in [7, 11) is 0. The van der Waals surface area contributed by atoms with Crippen LogP contribution in [0.1, 0.15) is 31.7 Å². The van der Waals surface area contributed by atoms with Crippen LogP contribution < -0.4 is 11.2 Å². The van der Waals surface area contributed by atoms with Crippen LogP contribution in [0.3, 0.4) is 0 Å². The molecule has 2 rings (SSSR count). The molecule has 0 aromatic carbocycles. The van der Waals surface area contributed by atoms with Gasteiger partial charge < -0.3 is 0 Å². The molecule has 1 aliphatic rings. The van der Waals surface area contributed by atoms with Crippen LogP contribution in [0, 0.1) is 0 Å². The summed E-state index contributed by atoms with van der Waals surface area (Å²) in [5.41, 5.74) is -0.696. The Balaban J connectivity index is 2.45. The Hall–Kier alpha value is -0.680. The summed E-state index contributed by atoms with van der Waals surface area (Å²) in [6.45, 7) is 0. The summed E-state index contributed by atoms with van der Waals surface area (Å²) >= 11 is 7.38. The van der Waals surface area contributed by atoms with E-state index in [2.05, 4.69) is 4.98 Å². The van der Waals surface area contributed by atoms with Gasteiger partial charge in [0.15, 0.2) is 0 Å². The first-order valence-electron chi connectivity index (χ1n) is 5.67. The molecule has 17 heavy (non-hydrogen) atoms. The maximum absolute atomic E-state index is 11.9. The average Bonchev–Trinajstić information content (AvgIpc) is 2.28. The van der Waals surface area contributed by atoms with E-state index in [0.717, 1.165) is 19.3 Å². The van der Waals surface area contributed by atoms with Gasteiger partial charge >= 0.3 is 5.69 Å². The van der Waals surface area contributed by atoms with Gasteiger partial charge in [-0.05, 0) is 19.1 Å². The van der Waals surface area contributed by atoms with E-state index in [4.69, 9.17) is 11.6 Å². The van der Waals surface area contributed by atoms with E-state index in [1.165, 1.54) is 17.1 Å². The van der Waals surface area contributed by atoms with Crippen molar-refractivity contribution >= 4 is 23.4 Å². The number of hydrogen-bond donors (Lipinski definition) is 1. The topological polar surface area (TPSA) is 54.9 Å². The van der Waals surface area contributed by atoms with E-state index in [0.29, 0.717) is 5.25 Å². The smallest absolute Gasteiger partial charge is 0.298 e. The van der Waals surface area contributed by atoms with Crippen LogP contribution in [0.2, 0.25) is 5.15 Å². The molecule has 0 bridgehead atoms. The molecule has 94 valence electrons. The molecule has 1 heterocycles. The van der Waals surface area contributed by atoms with Crippen LogP contribution in [0.25, 0.3) is 0 Å². The summed E-state index contributed by atoms with van der Waals surface area (Å²) in [6, 6.07) is 1.27. The maximum Gasteiger partial charge on any atom is 0.329 e. The summed E-state index contributed by atoms with van der Waals surface area (Å²) in [4.78, 5) is 26.2. The molecule has 1 fully saturated rings. The number of nitrogens with one attached hydrogen (secondary N) is 1. The predicted octanol–water partition coefficient (Wildman–Crippen LogP) is 2.04. The second-order valence-electron chi connectivity index (χ2n) is 4.26. The Bertz CT molecular complexity index is 480. The van der Waals surface area contributed by atoms with Crippen LogP contribution >= 0.6 is 23.4 Å². The first-order valence-corrected chi connectivity index (χ1v) is 7.34. The molecule has 0 saturated heterocycles. The van der Waals surface area contributed by atoms with Crippen molar-refractivity contribution in [2.75, 3.05) is 6.26 Å². The number of H-pyrrole nitrogens is 1. The SMILES string of the molecule is CSC1CCCCC1n1c(=O)cc(Cl)[nH]c1=O. The van der Waals surface area contributed by atoms with Crippen molar-refractivity contribution in [1.29, 1.82) is 0 Å². The first kappa shape index (κ1) is 12.8. The van der Waals surface area contributed by atoms with Gasteiger partial charge in [-0.2, -0.15) is 11.8 Å². The molecule has 1 aromatic heterocycles. The van der Waals surface area contributed by atoms with E-state index in [1.807, 2.05) is 6.26 Å². The van der Waals surface area contributed by atoms with Gasteiger partial charge in [0, 0.05) is 11.3 Å². The number of thioether (sulfide) groups is 1. The monoisotopic (exact) mass is 274 g/mol. The number of aromatic amines is 1. The molecule has 0 amide bonds. The lowest BCUT2D eigenvalue weighted by Gasteiger charge is -2.30. The van der Waals surface area contributed by atoms with Crippen molar-refractivity contribution in [3.8, 4) is 0 Å².